The number of likely N-dealkylation sites (tertiary alicyclic amines) is 1. The minimum Gasteiger partial charge on any atom is -0.489 e. The van der Waals surface area contributed by atoms with Crippen LogP contribution in [0.25, 0.3) is 0 Å². The lowest BCUT2D eigenvalue weighted by Gasteiger charge is -2.34. The molecule has 1 aliphatic heterocycles. The van der Waals surface area contributed by atoms with Crippen LogP contribution in [0.4, 0.5) is 0 Å². The second-order valence-corrected chi connectivity index (χ2v) is 10.1. The smallest absolute Gasteiger partial charge is 0.326 e. The molecule has 1 fully saturated rings. The maximum Gasteiger partial charge on any atom is 0.326 e. The molecule has 8 nitrogen and oxygen atoms in total. The maximum atomic E-state index is 13.3. The summed E-state index contributed by atoms with van der Waals surface area (Å²) in [5.41, 5.74) is 5.97. The molecule has 2 aromatic carbocycles. The zero-order valence-electron chi connectivity index (χ0n) is 21.0. The van der Waals surface area contributed by atoms with E-state index >= 15 is 0 Å². The van der Waals surface area contributed by atoms with Crippen LogP contribution in [0.2, 0.25) is 10.0 Å². The van der Waals surface area contributed by atoms with Gasteiger partial charge >= 0.3 is 5.97 Å². The van der Waals surface area contributed by atoms with Gasteiger partial charge in [0.15, 0.2) is 0 Å². The van der Waals surface area contributed by atoms with Crippen LogP contribution in [-0.2, 0) is 27.4 Å². The standard InChI is InChI=1S/C27H33Cl2N3O5/c1-3-27(4-2,26(36)32-13-12-18(30)15-32)25(35)31-23(24(33)34)14-17-8-10-19(11-9-17)37-16-20-21(28)6-5-7-22(20)29/h5-11,18,23H,3-4,12-16,30H2,1-2H3,(H,31,35)(H,33,34)/t18-,23+/m1/s1. The summed E-state index contributed by atoms with van der Waals surface area (Å²) in [7, 11) is 0. The molecule has 2 aromatic rings. The molecule has 0 radical (unpaired) electrons. The first kappa shape index (κ1) is 28.8. The van der Waals surface area contributed by atoms with E-state index in [2.05, 4.69) is 5.32 Å². The highest BCUT2D eigenvalue weighted by molar-refractivity contribution is 6.35. The quantitative estimate of drug-likeness (QED) is 0.363. The molecule has 0 unspecified atom stereocenters. The Hall–Kier alpha value is -2.81. The number of carbonyl (C=O) groups excluding carboxylic acids is 2. The zero-order valence-corrected chi connectivity index (χ0v) is 22.5. The molecule has 10 heteroatoms. The van der Waals surface area contributed by atoms with Gasteiger partial charge in [0.1, 0.15) is 23.8 Å². The Morgan fingerprint density at radius 3 is 2.27 bits per heavy atom. The second kappa shape index (κ2) is 12.6. The van der Waals surface area contributed by atoms with Crippen LogP contribution in [0.5, 0.6) is 5.75 Å². The molecule has 3 rings (SSSR count). The summed E-state index contributed by atoms with van der Waals surface area (Å²) in [6.07, 6.45) is 1.24. The van der Waals surface area contributed by atoms with Gasteiger partial charge in [-0.3, -0.25) is 9.59 Å². The average Bonchev–Trinajstić information content (AvgIpc) is 3.31. The van der Waals surface area contributed by atoms with Gasteiger partial charge in [-0.15, -0.1) is 0 Å². The lowest BCUT2D eigenvalue weighted by atomic mass is 9.79. The topological polar surface area (TPSA) is 122 Å². The number of carbonyl (C=O) groups is 3. The van der Waals surface area contributed by atoms with Crippen molar-refractivity contribution in [2.75, 3.05) is 13.1 Å². The molecule has 0 aliphatic carbocycles. The van der Waals surface area contributed by atoms with Crippen molar-refractivity contribution in [2.24, 2.45) is 11.1 Å². The third-order valence-electron chi connectivity index (χ3n) is 6.97. The van der Waals surface area contributed by atoms with Crippen molar-refractivity contribution in [3.05, 3.63) is 63.6 Å². The number of carboxylic acid groups (broad SMARTS) is 1. The molecule has 1 aliphatic rings. The highest BCUT2D eigenvalue weighted by Crippen LogP contribution is 2.31. The van der Waals surface area contributed by atoms with Gasteiger partial charge in [-0.2, -0.15) is 0 Å². The van der Waals surface area contributed by atoms with Crippen molar-refractivity contribution >= 4 is 41.0 Å². The largest absolute Gasteiger partial charge is 0.489 e. The summed E-state index contributed by atoms with van der Waals surface area (Å²) in [6, 6.07) is 10.8. The van der Waals surface area contributed by atoms with Crippen LogP contribution in [0.3, 0.4) is 0 Å². The Balaban J connectivity index is 1.67. The minimum atomic E-state index is -1.34. The molecule has 2 atom stereocenters. The predicted molar refractivity (Wildman–Crippen MR) is 143 cm³/mol. The number of nitrogens with two attached hydrogens (primary N) is 1. The third-order valence-corrected chi connectivity index (χ3v) is 7.68. The lowest BCUT2D eigenvalue weighted by molar-refractivity contribution is -0.153. The van der Waals surface area contributed by atoms with Gasteiger partial charge in [-0.1, -0.05) is 55.2 Å². The van der Waals surface area contributed by atoms with Crippen LogP contribution < -0.4 is 15.8 Å². The monoisotopic (exact) mass is 549 g/mol. The van der Waals surface area contributed by atoms with Crippen molar-refractivity contribution in [2.45, 2.75) is 58.2 Å². The Kier molecular flexibility index (Phi) is 9.81. The summed E-state index contributed by atoms with van der Waals surface area (Å²) in [5.74, 6) is -1.50. The van der Waals surface area contributed by atoms with Crippen molar-refractivity contribution < 1.29 is 24.2 Å². The van der Waals surface area contributed by atoms with E-state index in [4.69, 9.17) is 33.7 Å². The Bertz CT molecular complexity index is 1100. The Labute approximate surface area is 227 Å². The molecule has 1 heterocycles. The lowest BCUT2D eigenvalue weighted by Crippen LogP contribution is -2.55. The van der Waals surface area contributed by atoms with E-state index in [1.54, 1.807) is 61.2 Å². The Morgan fingerprint density at radius 1 is 1.14 bits per heavy atom. The number of hydrogen-bond acceptors (Lipinski definition) is 5. The van der Waals surface area contributed by atoms with E-state index in [0.29, 0.717) is 46.4 Å². The number of halogens is 2. The highest BCUT2D eigenvalue weighted by atomic mass is 35.5. The SMILES string of the molecule is CCC(CC)(C(=O)N[C@@H](Cc1ccc(OCc2c(Cl)cccc2Cl)cc1)C(=O)O)C(=O)N1CC[C@@H](N)C1. The predicted octanol–water partition coefficient (Wildman–Crippen LogP) is 4.05. The number of carboxylic acids is 1. The van der Waals surface area contributed by atoms with Crippen LogP contribution in [-0.4, -0.2) is 53.0 Å². The molecular weight excluding hydrogens is 517 g/mol. The van der Waals surface area contributed by atoms with Crippen molar-refractivity contribution in [1.82, 2.24) is 10.2 Å². The number of amides is 2. The van der Waals surface area contributed by atoms with E-state index in [1.165, 1.54) is 0 Å². The van der Waals surface area contributed by atoms with Crippen LogP contribution in [0.1, 0.15) is 44.2 Å². The van der Waals surface area contributed by atoms with Gasteiger partial charge in [0.05, 0.1) is 0 Å². The van der Waals surface area contributed by atoms with Crippen molar-refractivity contribution in [3.63, 3.8) is 0 Å². The van der Waals surface area contributed by atoms with E-state index in [9.17, 15) is 19.5 Å². The van der Waals surface area contributed by atoms with Gasteiger partial charge < -0.3 is 25.8 Å². The minimum absolute atomic E-state index is 0.0456. The third kappa shape index (κ3) is 6.74. The Morgan fingerprint density at radius 2 is 1.76 bits per heavy atom. The van der Waals surface area contributed by atoms with Gasteiger partial charge in [0, 0.05) is 41.2 Å². The molecular formula is C27H33Cl2N3O5. The molecule has 0 spiro atoms. The molecule has 0 aromatic heterocycles. The molecule has 1 saturated heterocycles. The molecule has 4 N–H and O–H groups in total. The molecule has 200 valence electrons. The fraction of sp³-hybridized carbons (Fsp3) is 0.444. The van der Waals surface area contributed by atoms with E-state index in [-0.39, 0.29) is 37.8 Å². The van der Waals surface area contributed by atoms with Gasteiger partial charge in [-0.25, -0.2) is 4.79 Å². The van der Waals surface area contributed by atoms with Gasteiger partial charge in [0.25, 0.3) is 0 Å². The first-order valence-electron chi connectivity index (χ1n) is 12.3. The first-order chi connectivity index (χ1) is 17.6. The molecule has 0 saturated carbocycles. The first-order valence-corrected chi connectivity index (χ1v) is 13.1. The number of ether oxygens (including phenoxy) is 1. The normalized spacial score (nSPS) is 16.4. The van der Waals surface area contributed by atoms with E-state index in [0.717, 1.165) is 0 Å². The summed E-state index contributed by atoms with van der Waals surface area (Å²) < 4.78 is 5.78. The van der Waals surface area contributed by atoms with Gasteiger partial charge in [-0.05, 0) is 49.1 Å². The number of hydrogen-bond donors (Lipinski definition) is 3. The van der Waals surface area contributed by atoms with E-state index < -0.39 is 23.3 Å². The molecule has 2 amide bonds. The fourth-order valence-electron chi connectivity index (χ4n) is 4.52. The van der Waals surface area contributed by atoms with Crippen molar-refractivity contribution in [3.8, 4) is 5.75 Å². The van der Waals surface area contributed by atoms with Gasteiger partial charge in [0.2, 0.25) is 11.8 Å². The number of nitrogens with one attached hydrogen (secondary N) is 1. The summed E-state index contributed by atoms with van der Waals surface area (Å²) in [5, 5.41) is 13.4. The summed E-state index contributed by atoms with van der Waals surface area (Å²) in [6.45, 7) is 4.60. The second-order valence-electron chi connectivity index (χ2n) is 9.29. The molecule has 37 heavy (non-hydrogen) atoms. The summed E-state index contributed by atoms with van der Waals surface area (Å²) >= 11 is 12.4. The highest BCUT2D eigenvalue weighted by Gasteiger charge is 2.47. The summed E-state index contributed by atoms with van der Waals surface area (Å²) in [4.78, 5) is 40.3. The zero-order chi connectivity index (χ0) is 27.2. The van der Waals surface area contributed by atoms with Crippen LogP contribution in [0, 0.1) is 5.41 Å². The number of aliphatic carboxylic acids is 1. The van der Waals surface area contributed by atoms with E-state index in [1.807, 2.05) is 0 Å². The maximum absolute atomic E-state index is 13.3. The van der Waals surface area contributed by atoms with Crippen LogP contribution in [0.15, 0.2) is 42.5 Å². The average molecular weight is 550 g/mol. The number of nitrogens with zero attached hydrogens (tertiary/aromatic N) is 1. The fourth-order valence-corrected chi connectivity index (χ4v) is 5.03. The number of rotatable bonds is 11. The van der Waals surface area contributed by atoms with Crippen LogP contribution >= 0.6 is 23.2 Å². The molecule has 0 bridgehead atoms. The number of benzene rings is 2. The van der Waals surface area contributed by atoms with Crippen molar-refractivity contribution in [1.29, 1.82) is 0 Å².